The Balaban J connectivity index is 0.00000132. The Hall–Kier alpha value is -0.960. The van der Waals surface area contributed by atoms with E-state index in [4.69, 9.17) is 0 Å². The van der Waals surface area contributed by atoms with Crippen molar-refractivity contribution < 1.29 is 32.9 Å². The SMILES string of the molecule is C[n+]1c2ccccc2c(I)c2[nH]c3cc(F)ccc3c21.[I-]. The van der Waals surface area contributed by atoms with E-state index < -0.39 is 0 Å². The molecule has 2 aromatic carbocycles. The van der Waals surface area contributed by atoms with Gasteiger partial charge in [0.15, 0.2) is 0 Å². The lowest BCUT2D eigenvalue weighted by molar-refractivity contribution is -0.616. The normalized spacial score (nSPS) is 11.2. The second kappa shape index (κ2) is 5.35. The van der Waals surface area contributed by atoms with Crippen LogP contribution in [0.15, 0.2) is 42.5 Å². The number of hydrogen-bond donors (Lipinski definition) is 1. The highest BCUT2D eigenvalue weighted by Crippen LogP contribution is 2.30. The van der Waals surface area contributed by atoms with E-state index in [-0.39, 0.29) is 29.8 Å². The molecule has 0 amide bonds. The van der Waals surface area contributed by atoms with Crippen molar-refractivity contribution in [3.63, 3.8) is 0 Å². The van der Waals surface area contributed by atoms with Gasteiger partial charge < -0.3 is 29.0 Å². The summed E-state index contributed by atoms with van der Waals surface area (Å²) in [7, 11) is 2.05. The molecule has 0 spiro atoms. The number of nitrogens with one attached hydrogen (secondary N) is 1. The number of aromatic amines is 1. The Bertz CT molecular complexity index is 992. The summed E-state index contributed by atoms with van der Waals surface area (Å²) in [5.41, 5.74) is 4.19. The van der Waals surface area contributed by atoms with Crippen molar-refractivity contribution in [3.8, 4) is 0 Å². The fourth-order valence-corrected chi connectivity index (χ4v) is 3.72. The van der Waals surface area contributed by atoms with Crippen LogP contribution in [-0.4, -0.2) is 4.98 Å². The van der Waals surface area contributed by atoms with Gasteiger partial charge >= 0.3 is 0 Å². The molecule has 0 fully saturated rings. The van der Waals surface area contributed by atoms with Crippen LogP contribution < -0.4 is 28.5 Å². The van der Waals surface area contributed by atoms with Crippen LogP contribution in [0.3, 0.4) is 0 Å². The van der Waals surface area contributed by atoms with Gasteiger partial charge in [0.2, 0.25) is 11.0 Å². The molecule has 4 rings (SSSR count). The van der Waals surface area contributed by atoms with Crippen molar-refractivity contribution in [1.82, 2.24) is 4.98 Å². The van der Waals surface area contributed by atoms with E-state index in [1.165, 1.54) is 20.5 Å². The van der Waals surface area contributed by atoms with Gasteiger partial charge in [-0.25, -0.2) is 4.39 Å². The highest BCUT2D eigenvalue weighted by molar-refractivity contribution is 14.1. The number of pyridine rings is 1. The van der Waals surface area contributed by atoms with Crippen LogP contribution in [0.1, 0.15) is 0 Å². The first-order valence-corrected chi connectivity index (χ1v) is 7.42. The van der Waals surface area contributed by atoms with Gasteiger partial charge in [0.05, 0.1) is 19.9 Å². The van der Waals surface area contributed by atoms with Crippen molar-refractivity contribution in [3.05, 3.63) is 51.9 Å². The van der Waals surface area contributed by atoms with Gasteiger partial charge in [-0.3, -0.25) is 0 Å². The van der Waals surface area contributed by atoms with E-state index in [2.05, 4.69) is 51.3 Å². The van der Waals surface area contributed by atoms with Crippen LogP contribution in [0.25, 0.3) is 32.8 Å². The number of para-hydroxylation sites is 1. The molecule has 0 aliphatic carbocycles. The van der Waals surface area contributed by atoms with Crippen molar-refractivity contribution in [2.24, 2.45) is 7.05 Å². The van der Waals surface area contributed by atoms with Crippen LogP contribution in [-0.2, 0) is 7.05 Å². The van der Waals surface area contributed by atoms with Gasteiger partial charge in [-0.15, -0.1) is 0 Å². The summed E-state index contributed by atoms with van der Waals surface area (Å²) in [5.74, 6) is -0.216. The molecule has 0 saturated carbocycles. The number of halogens is 3. The number of aryl methyl sites for hydroxylation is 1. The second-order valence-corrected chi connectivity index (χ2v) is 6.01. The highest BCUT2D eigenvalue weighted by Gasteiger charge is 2.20. The van der Waals surface area contributed by atoms with E-state index in [0.29, 0.717) is 0 Å². The molecule has 0 atom stereocenters. The lowest BCUT2D eigenvalue weighted by Crippen LogP contribution is -3.00. The van der Waals surface area contributed by atoms with Crippen molar-refractivity contribution >= 4 is 55.4 Å². The number of H-pyrrole nitrogens is 1. The van der Waals surface area contributed by atoms with Gasteiger partial charge in [0.25, 0.3) is 0 Å². The monoisotopic (exact) mass is 504 g/mol. The third kappa shape index (κ3) is 2.12. The van der Waals surface area contributed by atoms with Gasteiger partial charge in [-0.05, 0) is 46.9 Å². The molecule has 5 heteroatoms. The number of benzene rings is 2. The maximum atomic E-state index is 13.4. The lowest BCUT2D eigenvalue weighted by Gasteiger charge is -2.01. The first kappa shape index (κ1) is 15.0. The molecule has 0 unspecified atom stereocenters. The minimum Gasteiger partial charge on any atom is -1.00 e. The maximum Gasteiger partial charge on any atom is 0.239 e. The molecule has 106 valence electrons. The molecule has 2 aromatic heterocycles. The largest absolute Gasteiger partial charge is 1.00 e. The van der Waals surface area contributed by atoms with E-state index in [1.807, 2.05) is 18.2 Å². The number of rotatable bonds is 0. The molecule has 0 saturated heterocycles. The van der Waals surface area contributed by atoms with Gasteiger partial charge in [0.1, 0.15) is 18.4 Å². The van der Waals surface area contributed by atoms with Crippen LogP contribution in [0.5, 0.6) is 0 Å². The molecule has 2 nitrogen and oxygen atoms in total. The smallest absolute Gasteiger partial charge is 0.239 e. The maximum absolute atomic E-state index is 13.4. The molecule has 21 heavy (non-hydrogen) atoms. The zero-order valence-corrected chi connectivity index (χ0v) is 15.4. The third-order valence-corrected chi connectivity index (χ3v) is 4.91. The fourth-order valence-electron chi connectivity index (χ4n) is 2.87. The summed E-state index contributed by atoms with van der Waals surface area (Å²) in [5, 5.41) is 2.25. The standard InChI is InChI=1S/C16H10FIN2.HI/c1-20-13-5-3-2-4-11(13)14(18)15-16(20)10-7-6-9(17)8-12(10)19-15;/h2-8H,1H3;1H. The molecule has 0 bridgehead atoms. The third-order valence-electron chi connectivity index (χ3n) is 3.79. The first-order chi connectivity index (χ1) is 9.66. The summed E-state index contributed by atoms with van der Waals surface area (Å²) in [6, 6.07) is 13.2. The Labute approximate surface area is 151 Å². The Kier molecular flexibility index (Phi) is 3.81. The topological polar surface area (TPSA) is 19.7 Å². The summed E-state index contributed by atoms with van der Waals surface area (Å²) in [4.78, 5) is 3.35. The molecular formula is C16H11FI2N2. The summed E-state index contributed by atoms with van der Waals surface area (Å²) in [6.07, 6.45) is 0. The molecule has 0 aliphatic heterocycles. The van der Waals surface area contributed by atoms with Gasteiger partial charge in [-0.1, -0.05) is 12.1 Å². The Morgan fingerprint density at radius 2 is 1.86 bits per heavy atom. The second-order valence-electron chi connectivity index (χ2n) is 4.93. The van der Waals surface area contributed by atoms with Crippen molar-refractivity contribution in [2.45, 2.75) is 0 Å². The summed E-state index contributed by atoms with van der Waals surface area (Å²) < 4.78 is 16.8. The predicted octanol–water partition coefficient (Wildman–Crippen LogP) is 1.05. The van der Waals surface area contributed by atoms with Gasteiger partial charge in [-0.2, -0.15) is 4.57 Å². The van der Waals surface area contributed by atoms with Crippen molar-refractivity contribution in [1.29, 1.82) is 0 Å². The average molecular weight is 504 g/mol. The zero-order valence-electron chi connectivity index (χ0n) is 11.1. The molecule has 4 aromatic rings. The van der Waals surface area contributed by atoms with Crippen molar-refractivity contribution in [2.75, 3.05) is 0 Å². The Morgan fingerprint density at radius 3 is 2.67 bits per heavy atom. The average Bonchev–Trinajstić information content (AvgIpc) is 2.83. The van der Waals surface area contributed by atoms with Crippen LogP contribution in [0.2, 0.25) is 0 Å². The summed E-state index contributed by atoms with van der Waals surface area (Å²) >= 11 is 2.36. The minimum absolute atomic E-state index is 0. The van der Waals surface area contributed by atoms with Crippen LogP contribution in [0, 0.1) is 9.39 Å². The first-order valence-electron chi connectivity index (χ1n) is 6.34. The van der Waals surface area contributed by atoms with E-state index in [1.54, 1.807) is 6.07 Å². The number of fused-ring (bicyclic) bond motifs is 4. The zero-order chi connectivity index (χ0) is 13.9. The fraction of sp³-hybridized carbons (Fsp3) is 0.0625. The molecule has 0 aliphatic rings. The number of aromatic nitrogens is 2. The molecule has 1 N–H and O–H groups in total. The van der Waals surface area contributed by atoms with E-state index >= 15 is 0 Å². The molecular weight excluding hydrogens is 493 g/mol. The Morgan fingerprint density at radius 1 is 1.10 bits per heavy atom. The van der Waals surface area contributed by atoms with E-state index in [9.17, 15) is 4.39 Å². The van der Waals surface area contributed by atoms with Gasteiger partial charge in [0, 0.05) is 6.07 Å². The highest BCUT2D eigenvalue weighted by atomic mass is 127. The summed E-state index contributed by atoms with van der Waals surface area (Å²) in [6.45, 7) is 0. The number of nitrogens with zero attached hydrogens (tertiary/aromatic N) is 1. The van der Waals surface area contributed by atoms with E-state index in [0.717, 1.165) is 21.9 Å². The quantitative estimate of drug-likeness (QED) is 0.273. The molecule has 2 heterocycles. The van der Waals surface area contributed by atoms with Crippen LogP contribution in [0.4, 0.5) is 4.39 Å². The number of hydrogen-bond acceptors (Lipinski definition) is 0. The predicted molar refractivity (Wildman–Crippen MR) is 87.2 cm³/mol. The lowest BCUT2D eigenvalue weighted by atomic mass is 10.1. The minimum atomic E-state index is -0.216. The molecule has 0 radical (unpaired) electrons. The van der Waals surface area contributed by atoms with Crippen LogP contribution >= 0.6 is 22.6 Å².